The molecule has 2 fully saturated rings. The van der Waals surface area contributed by atoms with E-state index in [1.807, 2.05) is 129 Å². The number of aromatic nitrogens is 12. The number of pyridine rings is 2. The highest BCUT2D eigenvalue weighted by molar-refractivity contribution is 7.51. The molecule has 2 aliphatic heterocycles. The van der Waals surface area contributed by atoms with Crippen molar-refractivity contribution in [3.63, 3.8) is 0 Å². The van der Waals surface area contributed by atoms with Crippen molar-refractivity contribution in [3.8, 4) is 51.2 Å². The standard InChI is InChI=1S/C31H34N8O3.C25H30N8O3.O2S/c1-19-16-32-29(34-21-10-9-15-38(17-21)30(40)41-31(3,4)5)36-26(19)24-18-39(22-11-7-6-8-12-22)28-23(24)13-14-25(35-28)27-33-20(2)42-37-27;1-14-11-27-23(29-16-7-6-10-33(13-16)24(34)35-25(3,4)5)31-20(14)18-12-26-21-17(18)8-9-19(30-21)22-28-15(2)36-32-22;1-3-2/h6-8,11-14,16,18,21H,9-10,15,17H2,1-5H3,(H,32,34,36);8-9,11-12,16H,6-7,10,13H2,1-5H3,(H,26,30)(H,27,29,31);/t21-;16-;/m00./s1. The van der Waals surface area contributed by atoms with Crippen molar-refractivity contribution >= 4 is 57.7 Å². The normalized spacial score (nSPS) is 15.5. The van der Waals surface area contributed by atoms with Crippen LogP contribution in [0.4, 0.5) is 21.5 Å². The van der Waals surface area contributed by atoms with Gasteiger partial charge in [0.1, 0.15) is 33.9 Å². The Morgan fingerprint density at radius 1 is 0.642 bits per heavy atom. The number of amides is 2. The van der Waals surface area contributed by atoms with E-state index in [1.54, 1.807) is 23.6 Å². The number of aryl methyl sites for hydroxylation is 4. The maximum Gasteiger partial charge on any atom is 0.410 e. The smallest absolute Gasteiger partial charge is 0.410 e. The molecule has 24 nitrogen and oxygen atoms in total. The van der Waals surface area contributed by atoms with Gasteiger partial charge in [-0.25, -0.2) is 39.5 Å². The first-order valence-electron chi connectivity index (χ1n) is 26.5. The average Bonchev–Trinajstić information content (AvgIpc) is 4.03. The molecule has 0 radical (unpaired) electrons. The molecule has 2 amide bonds. The van der Waals surface area contributed by atoms with E-state index in [9.17, 15) is 9.59 Å². The first kappa shape index (κ1) is 56.7. The van der Waals surface area contributed by atoms with Gasteiger partial charge in [-0.2, -0.15) is 18.4 Å². The molecule has 0 unspecified atom stereocenters. The second-order valence-electron chi connectivity index (χ2n) is 21.7. The fourth-order valence-electron chi connectivity index (χ4n) is 9.44. The largest absolute Gasteiger partial charge is 0.444 e. The number of anilines is 2. The predicted octanol–water partition coefficient (Wildman–Crippen LogP) is 9.79. The van der Waals surface area contributed by atoms with Gasteiger partial charge in [0.2, 0.25) is 35.3 Å². The van der Waals surface area contributed by atoms with Gasteiger partial charge >= 0.3 is 23.8 Å². The van der Waals surface area contributed by atoms with Crippen LogP contribution in [0.25, 0.3) is 73.3 Å². The number of nitrogens with zero attached hydrogens (tertiary/aromatic N) is 13. The van der Waals surface area contributed by atoms with Crippen LogP contribution in [0.15, 0.2) is 88.4 Å². The summed E-state index contributed by atoms with van der Waals surface area (Å²) in [5, 5.41) is 16.7. The van der Waals surface area contributed by atoms with E-state index in [-0.39, 0.29) is 24.3 Å². The Bertz CT molecular complexity index is 3730. The minimum Gasteiger partial charge on any atom is -0.444 e. The van der Waals surface area contributed by atoms with E-state index >= 15 is 0 Å². The van der Waals surface area contributed by atoms with Gasteiger partial charge in [-0.05, 0) is 129 Å². The fourth-order valence-corrected chi connectivity index (χ4v) is 9.44. The molecule has 2 atom stereocenters. The molecule has 3 N–H and O–H groups in total. The molecule has 2 saturated heterocycles. The SMILES string of the molecule is Cc1nc(-c2ccc3c(-c4nc(N[C@H]5CCCN(C(=O)OC(C)(C)C)C5)ncc4C)c[nH]c3n2)no1.Cc1nc(-c2ccc3c(-c4nc(N[C@H]5CCCN(C(=O)OC(C)(C)C)C5)ncc4C)cn(-c4ccccc4)c3n2)no1.O=S=O. The topological polar surface area (TPSA) is 293 Å². The van der Waals surface area contributed by atoms with Crippen LogP contribution < -0.4 is 10.6 Å². The number of rotatable bonds is 9. The lowest BCUT2D eigenvalue weighted by Gasteiger charge is -2.34. The number of likely N-dealkylation sites (tertiary alicyclic amines) is 2. The highest BCUT2D eigenvalue weighted by Gasteiger charge is 2.30. The number of H-pyrrole nitrogens is 1. The lowest BCUT2D eigenvalue weighted by molar-refractivity contribution is 0.0196. The number of para-hydroxylation sites is 1. The van der Waals surface area contributed by atoms with Gasteiger partial charge in [0.25, 0.3) is 0 Å². The minimum atomic E-state index is -0.750. The van der Waals surface area contributed by atoms with Crippen LogP contribution in [0.5, 0.6) is 0 Å². The quantitative estimate of drug-likeness (QED) is 0.121. The Morgan fingerprint density at radius 3 is 1.63 bits per heavy atom. The van der Waals surface area contributed by atoms with Crippen LogP contribution >= 0.6 is 0 Å². The number of aromatic amines is 1. The molecule has 81 heavy (non-hydrogen) atoms. The molecule has 10 heterocycles. The van der Waals surface area contributed by atoms with Crippen molar-refractivity contribution in [2.24, 2.45) is 0 Å². The van der Waals surface area contributed by atoms with Crippen molar-refractivity contribution < 1.29 is 36.5 Å². The second kappa shape index (κ2) is 24.2. The molecule has 8 aromatic heterocycles. The van der Waals surface area contributed by atoms with Crippen LogP contribution in [0.3, 0.4) is 0 Å². The Hall–Kier alpha value is -9.00. The summed E-state index contributed by atoms with van der Waals surface area (Å²) in [6, 6.07) is 17.9. The Labute approximate surface area is 470 Å². The number of carbonyl (C=O) groups excluding carboxylic acids is 2. The van der Waals surface area contributed by atoms with Gasteiger partial charge in [0.05, 0.1) is 11.4 Å². The third-order valence-corrected chi connectivity index (χ3v) is 13.0. The number of hydrogen-bond donors (Lipinski definition) is 3. The number of hydrogen-bond acceptors (Lipinski definition) is 20. The maximum absolute atomic E-state index is 12.7. The van der Waals surface area contributed by atoms with Crippen molar-refractivity contribution in [2.75, 3.05) is 36.8 Å². The van der Waals surface area contributed by atoms with Gasteiger partial charge in [-0.3, -0.25) is 0 Å². The zero-order valence-corrected chi connectivity index (χ0v) is 47.6. The van der Waals surface area contributed by atoms with Crippen molar-refractivity contribution in [3.05, 3.63) is 102 Å². The van der Waals surface area contributed by atoms with Gasteiger partial charge < -0.3 is 48.5 Å². The minimum absolute atomic E-state index is 0.00938. The fraction of sp³-hybridized carbons (Fsp3) is 0.393. The number of nitrogens with one attached hydrogen (secondary N) is 3. The van der Waals surface area contributed by atoms with E-state index in [1.165, 1.54) is 0 Å². The van der Waals surface area contributed by atoms with Gasteiger partial charge in [-0.1, -0.05) is 28.5 Å². The van der Waals surface area contributed by atoms with Crippen molar-refractivity contribution in [1.82, 2.24) is 69.5 Å². The molecule has 1 aromatic carbocycles. The molecule has 0 saturated carbocycles. The average molecular weight is 1120 g/mol. The molecule has 0 aliphatic carbocycles. The molecule has 9 aromatic rings. The monoisotopic (exact) mass is 1120 g/mol. The highest BCUT2D eigenvalue weighted by atomic mass is 32.1. The Balaban J connectivity index is 0.000000189. The molecular weight excluding hydrogens is 1060 g/mol. The van der Waals surface area contributed by atoms with E-state index in [0.29, 0.717) is 78.5 Å². The van der Waals surface area contributed by atoms with Crippen molar-refractivity contribution in [1.29, 1.82) is 0 Å². The van der Waals surface area contributed by atoms with Crippen LogP contribution in [0.2, 0.25) is 0 Å². The summed E-state index contributed by atoms with van der Waals surface area (Å²) >= 11 is -0.750. The first-order chi connectivity index (χ1) is 38.7. The summed E-state index contributed by atoms with van der Waals surface area (Å²) in [6.45, 7) is 21.2. The first-order valence-corrected chi connectivity index (χ1v) is 27.1. The number of piperidine rings is 2. The number of ether oxygens (including phenoxy) is 2. The lowest BCUT2D eigenvalue weighted by Crippen LogP contribution is -2.47. The predicted molar refractivity (Wildman–Crippen MR) is 303 cm³/mol. The van der Waals surface area contributed by atoms with E-state index in [2.05, 4.69) is 61.6 Å². The maximum atomic E-state index is 12.7. The number of carbonyl (C=O) groups is 2. The van der Waals surface area contributed by atoms with Crippen LogP contribution in [0.1, 0.15) is 90.1 Å². The zero-order valence-electron chi connectivity index (χ0n) is 46.8. The molecule has 2 aliphatic rings. The van der Waals surface area contributed by atoms with Gasteiger partial charge in [-0.15, -0.1) is 0 Å². The Kier molecular flexibility index (Phi) is 16.9. The zero-order chi connectivity index (χ0) is 57.6. The van der Waals surface area contributed by atoms with Crippen molar-refractivity contribution in [2.45, 2.75) is 118 Å². The van der Waals surface area contributed by atoms with E-state index < -0.39 is 22.8 Å². The third-order valence-electron chi connectivity index (χ3n) is 13.0. The molecular formula is C56H64N16O8S. The molecule has 25 heteroatoms. The molecule has 0 spiro atoms. The number of fused-ring (bicyclic) bond motifs is 2. The van der Waals surface area contributed by atoms with Gasteiger partial charge in [0.15, 0.2) is 0 Å². The molecule has 0 bridgehead atoms. The molecule has 11 rings (SSSR count). The van der Waals surface area contributed by atoms with E-state index in [4.69, 9.17) is 41.9 Å². The van der Waals surface area contributed by atoms with Crippen LogP contribution in [0, 0.1) is 27.7 Å². The summed E-state index contributed by atoms with van der Waals surface area (Å²) in [5.74, 6) is 2.89. The summed E-state index contributed by atoms with van der Waals surface area (Å²) < 4.78 is 40.0. The third kappa shape index (κ3) is 13.9. The van der Waals surface area contributed by atoms with Crippen LogP contribution in [-0.2, 0) is 21.0 Å². The summed E-state index contributed by atoms with van der Waals surface area (Å²) in [7, 11) is 0. The highest BCUT2D eigenvalue weighted by Crippen LogP contribution is 2.35. The summed E-state index contributed by atoms with van der Waals surface area (Å²) in [5.41, 5.74) is 7.96. The van der Waals surface area contributed by atoms with Crippen LogP contribution in [-0.4, -0.2) is 140 Å². The Morgan fingerprint density at radius 2 is 1.14 bits per heavy atom. The summed E-state index contributed by atoms with van der Waals surface area (Å²) in [4.78, 5) is 69.0. The van der Waals surface area contributed by atoms with E-state index in [0.717, 1.165) is 81.4 Å². The lowest BCUT2D eigenvalue weighted by atomic mass is 10.1. The summed E-state index contributed by atoms with van der Waals surface area (Å²) in [6.07, 6.45) is 10.6. The second-order valence-corrected chi connectivity index (χ2v) is 21.9. The van der Waals surface area contributed by atoms with Gasteiger partial charge in [0, 0.05) is 104 Å². The molecule has 422 valence electrons. The number of benzene rings is 1.